The van der Waals surface area contributed by atoms with Crippen LogP contribution in [-0.4, -0.2) is 6.41 Å². The minimum Gasteiger partial charge on any atom is -0.348 e. The average molecular weight is 280 g/mol. The molecule has 4 heteroatoms. The van der Waals surface area contributed by atoms with Crippen LogP contribution in [0.1, 0.15) is 17.2 Å². The number of halogens is 2. The van der Waals surface area contributed by atoms with E-state index in [-0.39, 0.29) is 6.04 Å². The lowest BCUT2D eigenvalue weighted by molar-refractivity contribution is -0.110. The van der Waals surface area contributed by atoms with Gasteiger partial charge in [0.2, 0.25) is 6.41 Å². The fourth-order valence-corrected chi connectivity index (χ4v) is 2.33. The minimum absolute atomic E-state index is 0.270. The zero-order chi connectivity index (χ0) is 13.0. The third-order valence-corrected chi connectivity index (χ3v) is 3.20. The van der Waals surface area contributed by atoms with Crippen LogP contribution in [-0.2, 0) is 4.79 Å². The molecule has 1 atom stereocenters. The minimum atomic E-state index is -0.270. The highest BCUT2D eigenvalue weighted by atomic mass is 35.5. The lowest BCUT2D eigenvalue weighted by Gasteiger charge is -2.18. The van der Waals surface area contributed by atoms with Crippen molar-refractivity contribution in [1.82, 2.24) is 5.32 Å². The van der Waals surface area contributed by atoms with E-state index in [1.165, 1.54) is 0 Å². The standard InChI is InChI=1S/C14H11Cl2NO/c15-11-6-7-12(13(16)8-11)14(17-9-18)10-4-2-1-3-5-10/h1-9,14H,(H,17,18)/t14-/m1/s1. The van der Waals surface area contributed by atoms with Gasteiger partial charge in [-0.05, 0) is 23.3 Å². The predicted octanol–water partition coefficient (Wildman–Crippen LogP) is 3.83. The number of nitrogens with one attached hydrogen (secondary N) is 1. The lowest BCUT2D eigenvalue weighted by atomic mass is 9.99. The van der Waals surface area contributed by atoms with E-state index in [0.29, 0.717) is 16.5 Å². The topological polar surface area (TPSA) is 29.1 Å². The van der Waals surface area contributed by atoms with Gasteiger partial charge < -0.3 is 5.32 Å². The highest BCUT2D eigenvalue weighted by molar-refractivity contribution is 6.35. The van der Waals surface area contributed by atoms with Crippen molar-refractivity contribution in [2.24, 2.45) is 0 Å². The molecule has 0 saturated heterocycles. The Bertz CT molecular complexity index is 543. The number of amides is 1. The van der Waals surface area contributed by atoms with Crippen LogP contribution in [0.2, 0.25) is 10.0 Å². The number of hydrogen-bond acceptors (Lipinski definition) is 1. The monoisotopic (exact) mass is 279 g/mol. The van der Waals surface area contributed by atoms with Crippen molar-refractivity contribution in [2.75, 3.05) is 0 Å². The fourth-order valence-electron chi connectivity index (χ4n) is 1.81. The quantitative estimate of drug-likeness (QED) is 0.847. The van der Waals surface area contributed by atoms with E-state index in [2.05, 4.69) is 5.32 Å². The molecule has 0 unspecified atom stereocenters. The molecule has 2 aromatic rings. The molecule has 0 radical (unpaired) electrons. The summed E-state index contributed by atoms with van der Waals surface area (Å²) in [5.74, 6) is 0. The maximum absolute atomic E-state index is 10.8. The first-order valence-electron chi connectivity index (χ1n) is 5.42. The maximum atomic E-state index is 10.8. The van der Waals surface area contributed by atoms with Gasteiger partial charge in [-0.3, -0.25) is 4.79 Å². The smallest absolute Gasteiger partial charge is 0.207 e. The van der Waals surface area contributed by atoms with Crippen molar-refractivity contribution < 1.29 is 4.79 Å². The maximum Gasteiger partial charge on any atom is 0.207 e. The van der Waals surface area contributed by atoms with E-state index in [1.807, 2.05) is 36.4 Å². The Labute approximate surface area is 116 Å². The second-order valence-corrected chi connectivity index (χ2v) is 4.64. The van der Waals surface area contributed by atoms with Crippen LogP contribution in [0.25, 0.3) is 0 Å². The predicted molar refractivity (Wildman–Crippen MR) is 73.9 cm³/mol. The Morgan fingerprint density at radius 1 is 1.06 bits per heavy atom. The zero-order valence-electron chi connectivity index (χ0n) is 9.44. The Morgan fingerprint density at radius 3 is 2.39 bits per heavy atom. The summed E-state index contributed by atoms with van der Waals surface area (Å²) in [5.41, 5.74) is 1.79. The molecule has 2 aromatic carbocycles. The first-order valence-corrected chi connectivity index (χ1v) is 6.17. The summed E-state index contributed by atoms with van der Waals surface area (Å²) in [6.07, 6.45) is 0.669. The van der Waals surface area contributed by atoms with Gasteiger partial charge in [0.1, 0.15) is 0 Å². The number of carbonyl (C=O) groups excluding carboxylic acids is 1. The highest BCUT2D eigenvalue weighted by Crippen LogP contribution is 2.30. The normalized spacial score (nSPS) is 11.9. The second kappa shape index (κ2) is 5.89. The van der Waals surface area contributed by atoms with E-state index < -0.39 is 0 Å². The van der Waals surface area contributed by atoms with Crippen LogP contribution < -0.4 is 5.32 Å². The molecule has 2 rings (SSSR count). The summed E-state index contributed by atoms with van der Waals surface area (Å²) < 4.78 is 0. The van der Waals surface area contributed by atoms with Crippen molar-refractivity contribution in [1.29, 1.82) is 0 Å². The van der Waals surface area contributed by atoms with Crippen molar-refractivity contribution in [2.45, 2.75) is 6.04 Å². The van der Waals surface area contributed by atoms with Gasteiger partial charge in [-0.15, -0.1) is 0 Å². The Morgan fingerprint density at radius 2 is 1.78 bits per heavy atom. The Hall–Kier alpha value is -1.51. The van der Waals surface area contributed by atoms with Crippen LogP contribution in [0.15, 0.2) is 48.5 Å². The van der Waals surface area contributed by atoms with Crippen LogP contribution >= 0.6 is 23.2 Å². The third-order valence-electron chi connectivity index (χ3n) is 2.64. The number of rotatable bonds is 4. The van der Waals surface area contributed by atoms with Crippen LogP contribution in [0.5, 0.6) is 0 Å². The molecule has 0 saturated carbocycles. The molecule has 0 aliphatic rings. The van der Waals surface area contributed by atoms with E-state index in [9.17, 15) is 4.79 Å². The molecule has 0 aromatic heterocycles. The van der Waals surface area contributed by atoms with Crippen molar-refractivity contribution in [3.8, 4) is 0 Å². The second-order valence-electron chi connectivity index (χ2n) is 3.79. The van der Waals surface area contributed by atoms with Gasteiger partial charge in [-0.2, -0.15) is 0 Å². The van der Waals surface area contributed by atoms with Crippen LogP contribution in [0, 0.1) is 0 Å². The molecular weight excluding hydrogens is 269 g/mol. The van der Waals surface area contributed by atoms with E-state index in [4.69, 9.17) is 23.2 Å². The molecule has 1 N–H and O–H groups in total. The molecule has 0 spiro atoms. The first-order chi connectivity index (χ1) is 8.72. The lowest BCUT2D eigenvalue weighted by Crippen LogP contribution is -2.20. The zero-order valence-corrected chi connectivity index (χ0v) is 10.9. The molecule has 1 amide bonds. The summed E-state index contributed by atoms with van der Waals surface area (Å²) >= 11 is 12.0. The molecule has 0 fully saturated rings. The molecule has 0 aliphatic carbocycles. The summed E-state index contributed by atoms with van der Waals surface area (Å²) in [6.45, 7) is 0. The van der Waals surface area contributed by atoms with Crippen molar-refractivity contribution in [3.63, 3.8) is 0 Å². The Kier molecular flexibility index (Phi) is 4.24. The van der Waals surface area contributed by atoms with Gasteiger partial charge >= 0.3 is 0 Å². The molecule has 0 aliphatic heterocycles. The van der Waals surface area contributed by atoms with Gasteiger partial charge in [-0.1, -0.05) is 59.6 Å². The van der Waals surface area contributed by atoms with Crippen molar-refractivity contribution in [3.05, 3.63) is 69.7 Å². The van der Waals surface area contributed by atoms with Crippen LogP contribution in [0.3, 0.4) is 0 Å². The van der Waals surface area contributed by atoms with E-state index in [0.717, 1.165) is 11.1 Å². The molecule has 0 heterocycles. The van der Waals surface area contributed by atoms with E-state index >= 15 is 0 Å². The summed E-state index contributed by atoms with van der Waals surface area (Å²) in [6, 6.07) is 14.6. The van der Waals surface area contributed by atoms with Crippen LogP contribution in [0.4, 0.5) is 0 Å². The van der Waals surface area contributed by atoms with Gasteiger partial charge in [0.25, 0.3) is 0 Å². The largest absolute Gasteiger partial charge is 0.348 e. The highest BCUT2D eigenvalue weighted by Gasteiger charge is 2.16. The number of benzene rings is 2. The summed E-state index contributed by atoms with van der Waals surface area (Å²) in [4.78, 5) is 10.8. The molecule has 0 bridgehead atoms. The SMILES string of the molecule is O=CN[C@H](c1ccccc1)c1ccc(Cl)cc1Cl. The van der Waals surface area contributed by atoms with Gasteiger partial charge in [0.05, 0.1) is 6.04 Å². The average Bonchev–Trinajstić information content (AvgIpc) is 2.38. The Balaban J connectivity index is 2.44. The molecular formula is C14H11Cl2NO. The summed E-state index contributed by atoms with van der Waals surface area (Å²) in [7, 11) is 0. The molecule has 2 nitrogen and oxygen atoms in total. The first kappa shape index (κ1) is 12.9. The van der Waals surface area contributed by atoms with E-state index in [1.54, 1.807) is 12.1 Å². The van der Waals surface area contributed by atoms with Gasteiger partial charge in [0, 0.05) is 10.0 Å². The van der Waals surface area contributed by atoms with Crippen molar-refractivity contribution >= 4 is 29.6 Å². The molecule has 18 heavy (non-hydrogen) atoms. The van der Waals surface area contributed by atoms with Gasteiger partial charge in [0.15, 0.2) is 0 Å². The fraction of sp³-hybridized carbons (Fsp3) is 0.0714. The van der Waals surface area contributed by atoms with Gasteiger partial charge in [-0.25, -0.2) is 0 Å². The summed E-state index contributed by atoms with van der Waals surface area (Å²) in [5, 5.41) is 3.87. The number of hydrogen-bond donors (Lipinski definition) is 1. The molecule has 92 valence electrons. The number of carbonyl (C=O) groups is 1. The third kappa shape index (κ3) is 2.84.